The summed E-state index contributed by atoms with van der Waals surface area (Å²) in [4.78, 5) is 9.35. The number of piperazine rings is 1. The Morgan fingerprint density at radius 1 is 0.636 bits per heavy atom. The van der Waals surface area contributed by atoms with Gasteiger partial charge >= 0.3 is 0 Å². The van der Waals surface area contributed by atoms with E-state index in [1.807, 2.05) is 7.05 Å². The van der Waals surface area contributed by atoms with Crippen molar-refractivity contribution in [3.05, 3.63) is 0 Å². The number of hydrogen-bond donors (Lipinski definition) is 2. The van der Waals surface area contributed by atoms with Crippen LogP contribution in [0.2, 0.25) is 0 Å². The van der Waals surface area contributed by atoms with Gasteiger partial charge in [0.25, 0.3) is 0 Å². The molecule has 0 bridgehead atoms. The topological polar surface area (TPSA) is 46.2 Å². The molecule has 0 saturated carbocycles. The Hall–Kier alpha value is -0.280. The molecule has 4 aliphatic rings. The molecular formula is C26H60N6O. The molecule has 4 rings (SSSR count). The van der Waals surface area contributed by atoms with Gasteiger partial charge in [0, 0.05) is 39.3 Å². The standard InChI is InChI=1S/C6H13N.C5H12N2.C5H11NO.C5H11N.C5H13N/c1-7-5-3-2-4-6-7;1-7-4-2-6-3-5-7;1-6-2-4-7-5-3-6;1-6-4-2-3-5-6;1-5(2)4-6-3/h2-6H2,1H3;6H,2-5H2,1H3;2-5H2,1H3;2-5H2,1H3;5-6H,4H2,1-3H3. The first kappa shape index (κ1) is 32.7. The van der Waals surface area contributed by atoms with Crippen LogP contribution in [0.25, 0.3) is 0 Å². The zero-order valence-corrected chi connectivity index (χ0v) is 23.5. The van der Waals surface area contributed by atoms with E-state index in [9.17, 15) is 0 Å². The van der Waals surface area contributed by atoms with Crippen molar-refractivity contribution in [1.82, 2.24) is 30.2 Å². The zero-order valence-electron chi connectivity index (χ0n) is 23.5. The molecular weight excluding hydrogens is 412 g/mol. The third kappa shape index (κ3) is 24.6. The third-order valence-corrected chi connectivity index (χ3v) is 6.10. The Morgan fingerprint density at radius 3 is 1.21 bits per heavy atom. The predicted molar refractivity (Wildman–Crippen MR) is 146 cm³/mol. The van der Waals surface area contributed by atoms with Gasteiger partial charge in [-0.25, -0.2) is 0 Å². The number of nitrogens with zero attached hydrogens (tertiary/aromatic N) is 4. The van der Waals surface area contributed by atoms with Crippen LogP contribution in [0.3, 0.4) is 0 Å². The summed E-state index contributed by atoms with van der Waals surface area (Å²) in [7, 11) is 10.6. The van der Waals surface area contributed by atoms with Crippen molar-refractivity contribution < 1.29 is 4.74 Å². The van der Waals surface area contributed by atoms with Crippen LogP contribution in [0.4, 0.5) is 0 Å². The summed E-state index contributed by atoms with van der Waals surface area (Å²) in [5.74, 6) is 0.787. The monoisotopic (exact) mass is 472 g/mol. The molecule has 0 aliphatic carbocycles. The van der Waals surface area contributed by atoms with Crippen molar-refractivity contribution in [2.24, 2.45) is 5.92 Å². The lowest BCUT2D eigenvalue weighted by atomic mass is 10.1. The molecule has 4 saturated heterocycles. The van der Waals surface area contributed by atoms with Crippen LogP contribution in [0.15, 0.2) is 0 Å². The van der Waals surface area contributed by atoms with Gasteiger partial charge in [-0.2, -0.15) is 0 Å². The van der Waals surface area contributed by atoms with Crippen molar-refractivity contribution >= 4 is 0 Å². The van der Waals surface area contributed by atoms with Gasteiger partial charge in [0.05, 0.1) is 13.2 Å². The van der Waals surface area contributed by atoms with Gasteiger partial charge in [-0.05, 0) is 99.6 Å². The molecule has 0 radical (unpaired) electrons. The van der Waals surface area contributed by atoms with Gasteiger partial charge in [-0.3, -0.25) is 0 Å². The van der Waals surface area contributed by atoms with E-state index in [-0.39, 0.29) is 0 Å². The average molecular weight is 473 g/mol. The van der Waals surface area contributed by atoms with E-state index in [0.717, 1.165) is 51.9 Å². The fraction of sp³-hybridized carbons (Fsp3) is 1.00. The first-order valence-electron chi connectivity index (χ1n) is 13.5. The molecule has 0 amide bonds. The van der Waals surface area contributed by atoms with Crippen LogP contribution in [0, 0.1) is 5.92 Å². The normalized spacial score (nSPS) is 22.5. The van der Waals surface area contributed by atoms with Gasteiger partial charge in [0.15, 0.2) is 0 Å². The van der Waals surface area contributed by atoms with E-state index in [1.54, 1.807) is 0 Å². The van der Waals surface area contributed by atoms with E-state index in [0.29, 0.717) is 0 Å². The number of rotatable bonds is 2. The second-order valence-corrected chi connectivity index (χ2v) is 10.3. The summed E-state index contributed by atoms with van der Waals surface area (Å²) in [6, 6.07) is 0. The number of piperidine rings is 1. The molecule has 200 valence electrons. The van der Waals surface area contributed by atoms with Crippen LogP contribution < -0.4 is 10.6 Å². The average Bonchev–Trinajstić information content (AvgIpc) is 3.28. The second kappa shape index (κ2) is 23.5. The van der Waals surface area contributed by atoms with Crippen molar-refractivity contribution in [2.75, 3.05) is 120 Å². The third-order valence-electron chi connectivity index (χ3n) is 6.10. The zero-order chi connectivity index (χ0) is 24.7. The lowest BCUT2D eigenvalue weighted by Gasteiger charge is -2.21. The van der Waals surface area contributed by atoms with E-state index in [1.165, 1.54) is 71.4 Å². The maximum atomic E-state index is 5.10. The van der Waals surface area contributed by atoms with Crippen molar-refractivity contribution in [1.29, 1.82) is 0 Å². The summed E-state index contributed by atoms with van der Waals surface area (Å²) in [5, 5.41) is 6.34. The van der Waals surface area contributed by atoms with E-state index in [4.69, 9.17) is 4.74 Å². The molecule has 4 fully saturated rings. The Bertz CT molecular complexity index is 337. The van der Waals surface area contributed by atoms with Gasteiger partial charge < -0.3 is 35.0 Å². The van der Waals surface area contributed by atoms with Crippen LogP contribution >= 0.6 is 0 Å². The van der Waals surface area contributed by atoms with Crippen LogP contribution in [-0.2, 0) is 4.74 Å². The summed E-state index contributed by atoms with van der Waals surface area (Å²) < 4.78 is 5.10. The van der Waals surface area contributed by atoms with Crippen LogP contribution in [-0.4, -0.2) is 140 Å². The molecule has 0 aromatic heterocycles. The number of likely N-dealkylation sites (tertiary alicyclic amines) is 2. The van der Waals surface area contributed by atoms with Gasteiger partial charge in [-0.1, -0.05) is 20.3 Å². The number of ether oxygens (including phenoxy) is 1. The summed E-state index contributed by atoms with van der Waals surface area (Å²) in [6.45, 7) is 19.5. The van der Waals surface area contributed by atoms with Crippen molar-refractivity contribution in [3.8, 4) is 0 Å². The van der Waals surface area contributed by atoms with Crippen molar-refractivity contribution in [2.45, 2.75) is 46.0 Å². The molecule has 4 heterocycles. The highest BCUT2D eigenvalue weighted by Gasteiger charge is 2.04. The first-order chi connectivity index (χ1) is 15.8. The highest BCUT2D eigenvalue weighted by Crippen LogP contribution is 2.04. The minimum absolute atomic E-state index is 0.787. The maximum absolute atomic E-state index is 5.10. The quantitative estimate of drug-likeness (QED) is 0.638. The Morgan fingerprint density at radius 2 is 1.03 bits per heavy atom. The molecule has 2 N–H and O–H groups in total. The maximum Gasteiger partial charge on any atom is 0.0594 e. The predicted octanol–water partition coefficient (Wildman–Crippen LogP) is 2.15. The highest BCUT2D eigenvalue weighted by atomic mass is 16.5. The second-order valence-electron chi connectivity index (χ2n) is 10.3. The van der Waals surface area contributed by atoms with Crippen LogP contribution in [0.5, 0.6) is 0 Å². The minimum Gasteiger partial charge on any atom is -0.379 e. The molecule has 0 spiro atoms. The Kier molecular flexibility index (Phi) is 23.3. The molecule has 0 aromatic rings. The number of morpholine rings is 1. The molecule has 7 nitrogen and oxygen atoms in total. The summed E-state index contributed by atoms with van der Waals surface area (Å²) in [6.07, 6.45) is 7.10. The van der Waals surface area contributed by atoms with Crippen LogP contribution in [0.1, 0.15) is 46.0 Å². The SMILES string of the molecule is CN1CCCC1.CN1CCCCC1.CN1CCNCC1.CN1CCOCC1.CNCC(C)C. The highest BCUT2D eigenvalue weighted by molar-refractivity contribution is 4.62. The van der Waals surface area contributed by atoms with Crippen molar-refractivity contribution in [3.63, 3.8) is 0 Å². The molecule has 0 atom stereocenters. The summed E-state index contributed by atoms with van der Waals surface area (Å²) in [5.41, 5.74) is 0. The molecule has 0 unspecified atom stereocenters. The minimum atomic E-state index is 0.787. The number of nitrogens with one attached hydrogen (secondary N) is 2. The molecule has 7 heteroatoms. The molecule has 33 heavy (non-hydrogen) atoms. The van der Waals surface area contributed by atoms with E-state index in [2.05, 4.69) is 72.3 Å². The van der Waals surface area contributed by atoms with Gasteiger partial charge in [0.2, 0.25) is 0 Å². The largest absolute Gasteiger partial charge is 0.379 e. The first-order valence-corrected chi connectivity index (χ1v) is 13.5. The fourth-order valence-corrected chi connectivity index (χ4v) is 3.77. The van der Waals surface area contributed by atoms with Gasteiger partial charge in [0.1, 0.15) is 0 Å². The Labute approximate surface area is 207 Å². The Balaban J connectivity index is 0.000000389. The molecule has 0 aromatic carbocycles. The fourth-order valence-electron chi connectivity index (χ4n) is 3.77. The van der Waals surface area contributed by atoms with E-state index >= 15 is 0 Å². The lowest BCUT2D eigenvalue weighted by Crippen LogP contribution is -2.40. The van der Waals surface area contributed by atoms with E-state index < -0.39 is 0 Å². The van der Waals surface area contributed by atoms with Gasteiger partial charge in [-0.15, -0.1) is 0 Å². The number of hydrogen-bond acceptors (Lipinski definition) is 7. The summed E-state index contributed by atoms with van der Waals surface area (Å²) >= 11 is 0. The number of likely N-dealkylation sites (N-methyl/N-ethyl adjacent to an activating group) is 2. The molecule has 4 aliphatic heterocycles. The lowest BCUT2D eigenvalue weighted by molar-refractivity contribution is 0.0503. The smallest absolute Gasteiger partial charge is 0.0594 e.